The maximum atomic E-state index is 5.60. The molecule has 0 aliphatic heterocycles. The van der Waals surface area contributed by atoms with Crippen LogP contribution < -0.4 is 11.3 Å². The maximum Gasteiger partial charge on any atom is 0.177 e. The molecular weight excluding hydrogens is 216 g/mol. The third kappa shape index (κ3) is 3.04. The molecule has 96 valence electrons. The summed E-state index contributed by atoms with van der Waals surface area (Å²) in [6.07, 6.45) is -0.402. The van der Waals surface area contributed by atoms with Crippen LogP contribution in [0.1, 0.15) is 28.3 Å². The highest BCUT2D eigenvalue weighted by molar-refractivity contribution is 5.38. The van der Waals surface area contributed by atoms with Crippen LogP contribution in [-0.4, -0.2) is 20.5 Å². The van der Waals surface area contributed by atoms with Crippen molar-refractivity contribution in [2.75, 3.05) is 14.2 Å². The van der Waals surface area contributed by atoms with Crippen LogP contribution >= 0.6 is 0 Å². The fourth-order valence-electron chi connectivity index (χ4n) is 2.00. The van der Waals surface area contributed by atoms with Crippen molar-refractivity contribution in [1.82, 2.24) is 5.43 Å². The van der Waals surface area contributed by atoms with Gasteiger partial charge in [-0.15, -0.1) is 0 Å². The number of aryl methyl sites for hydroxylation is 3. The number of hydrogen-bond donors (Lipinski definition) is 2. The number of hydrogen-bond acceptors (Lipinski definition) is 4. The molecule has 0 radical (unpaired) electrons. The third-order valence-electron chi connectivity index (χ3n) is 3.13. The molecule has 17 heavy (non-hydrogen) atoms. The zero-order chi connectivity index (χ0) is 13.0. The molecule has 0 amide bonds. The quantitative estimate of drug-likeness (QED) is 0.466. The average Bonchev–Trinajstić information content (AvgIpc) is 2.31. The minimum absolute atomic E-state index is 0.177. The summed E-state index contributed by atoms with van der Waals surface area (Å²) in [6, 6.07) is 4.10. The van der Waals surface area contributed by atoms with Crippen molar-refractivity contribution in [2.45, 2.75) is 33.1 Å². The summed E-state index contributed by atoms with van der Waals surface area (Å²) in [5, 5.41) is 0. The molecule has 1 aromatic carbocycles. The second-order valence-electron chi connectivity index (χ2n) is 4.28. The van der Waals surface area contributed by atoms with Gasteiger partial charge in [-0.2, -0.15) is 0 Å². The van der Waals surface area contributed by atoms with Gasteiger partial charge in [0.2, 0.25) is 0 Å². The van der Waals surface area contributed by atoms with E-state index in [0.29, 0.717) is 0 Å². The van der Waals surface area contributed by atoms with Crippen LogP contribution in [0.5, 0.6) is 0 Å². The third-order valence-corrected chi connectivity index (χ3v) is 3.13. The summed E-state index contributed by atoms with van der Waals surface area (Å²) >= 11 is 0. The van der Waals surface area contributed by atoms with E-state index in [9.17, 15) is 0 Å². The normalized spacial score (nSPS) is 13.1. The molecule has 1 unspecified atom stereocenters. The summed E-state index contributed by atoms with van der Waals surface area (Å²) in [6.45, 7) is 6.25. The van der Waals surface area contributed by atoms with E-state index in [1.54, 1.807) is 14.2 Å². The van der Waals surface area contributed by atoms with Gasteiger partial charge in [0.1, 0.15) is 0 Å². The minimum Gasteiger partial charge on any atom is -0.354 e. The van der Waals surface area contributed by atoms with Crippen LogP contribution in [-0.2, 0) is 9.47 Å². The molecule has 3 N–H and O–H groups in total. The van der Waals surface area contributed by atoms with Gasteiger partial charge in [0.15, 0.2) is 6.29 Å². The Morgan fingerprint density at radius 1 is 1.00 bits per heavy atom. The van der Waals surface area contributed by atoms with Gasteiger partial charge in [-0.05, 0) is 43.0 Å². The molecule has 0 heterocycles. The molecule has 1 rings (SSSR count). The Kier molecular flexibility index (Phi) is 5.08. The Hall–Kier alpha value is -0.940. The first-order valence-corrected chi connectivity index (χ1v) is 5.64. The van der Waals surface area contributed by atoms with Gasteiger partial charge in [0, 0.05) is 14.2 Å². The SMILES string of the molecule is COC(OC)C(NN)c1cc(C)c(C)cc1C. The van der Waals surface area contributed by atoms with Gasteiger partial charge < -0.3 is 9.47 Å². The van der Waals surface area contributed by atoms with Crippen molar-refractivity contribution in [3.05, 3.63) is 34.4 Å². The van der Waals surface area contributed by atoms with E-state index < -0.39 is 6.29 Å². The first kappa shape index (κ1) is 14.1. The Morgan fingerprint density at radius 2 is 1.53 bits per heavy atom. The van der Waals surface area contributed by atoms with Crippen LogP contribution in [0.2, 0.25) is 0 Å². The zero-order valence-electron chi connectivity index (χ0n) is 11.2. The number of methoxy groups -OCH3 is 2. The fourth-order valence-corrected chi connectivity index (χ4v) is 2.00. The molecule has 4 heteroatoms. The zero-order valence-corrected chi connectivity index (χ0v) is 11.2. The van der Waals surface area contributed by atoms with Crippen LogP contribution in [0.3, 0.4) is 0 Å². The highest BCUT2D eigenvalue weighted by Gasteiger charge is 2.23. The topological polar surface area (TPSA) is 56.5 Å². The first-order chi connectivity index (χ1) is 8.04. The molecule has 0 fully saturated rings. The smallest absolute Gasteiger partial charge is 0.177 e. The van der Waals surface area contributed by atoms with E-state index in [1.165, 1.54) is 16.7 Å². The molecule has 1 atom stereocenters. The fraction of sp³-hybridized carbons (Fsp3) is 0.538. The lowest BCUT2D eigenvalue weighted by Crippen LogP contribution is -2.39. The molecule has 0 saturated heterocycles. The lowest BCUT2D eigenvalue weighted by molar-refractivity contribution is -0.124. The average molecular weight is 238 g/mol. The number of benzene rings is 1. The van der Waals surface area contributed by atoms with Gasteiger partial charge in [-0.25, -0.2) is 5.43 Å². The van der Waals surface area contributed by atoms with E-state index in [2.05, 4.69) is 38.3 Å². The standard InChI is InChI=1S/C13H22N2O2/c1-8-6-10(3)11(7-9(8)2)12(15-14)13(16-4)17-5/h6-7,12-13,15H,14H2,1-5H3. The summed E-state index contributed by atoms with van der Waals surface area (Å²) in [7, 11) is 3.21. The first-order valence-electron chi connectivity index (χ1n) is 5.64. The summed E-state index contributed by atoms with van der Waals surface area (Å²) < 4.78 is 10.5. The maximum absolute atomic E-state index is 5.60. The van der Waals surface area contributed by atoms with E-state index in [-0.39, 0.29) is 6.04 Å². The number of hydrazine groups is 1. The van der Waals surface area contributed by atoms with E-state index >= 15 is 0 Å². The van der Waals surface area contributed by atoms with Gasteiger partial charge in [-0.1, -0.05) is 12.1 Å². The van der Waals surface area contributed by atoms with Gasteiger partial charge in [0.25, 0.3) is 0 Å². The molecule has 1 aromatic rings. The van der Waals surface area contributed by atoms with Crippen molar-refractivity contribution in [3.63, 3.8) is 0 Å². The van der Waals surface area contributed by atoms with Crippen molar-refractivity contribution in [2.24, 2.45) is 5.84 Å². The Bertz CT molecular complexity index is 376. The van der Waals surface area contributed by atoms with E-state index in [4.69, 9.17) is 15.3 Å². The van der Waals surface area contributed by atoms with E-state index in [1.807, 2.05) is 0 Å². The summed E-state index contributed by atoms with van der Waals surface area (Å²) in [5.41, 5.74) is 7.54. The predicted octanol–water partition coefficient (Wildman–Crippen LogP) is 1.74. The van der Waals surface area contributed by atoms with Crippen LogP contribution in [0.25, 0.3) is 0 Å². The molecule has 0 aromatic heterocycles. The molecule has 0 saturated carbocycles. The minimum atomic E-state index is -0.402. The molecule has 0 spiro atoms. The van der Waals surface area contributed by atoms with Crippen LogP contribution in [0.15, 0.2) is 12.1 Å². The number of nitrogens with two attached hydrogens (primary N) is 1. The lowest BCUT2D eigenvalue weighted by atomic mass is 9.95. The molecule has 0 aliphatic rings. The molecule has 0 aliphatic carbocycles. The van der Waals surface area contributed by atoms with Gasteiger partial charge in [0.05, 0.1) is 6.04 Å². The second-order valence-corrected chi connectivity index (χ2v) is 4.28. The largest absolute Gasteiger partial charge is 0.354 e. The van der Waals surface area contributed by atoms with Crippen molar-refractivity contribution in [1.29, 1.82) is 0 Å². The number of ether oxygens (including phenoxy) is 2. The van der Waals surface area contributed by atoms with Gasteiger partial charge in [-0.3, -0.25) is 5.84 Å². The highest BCUT2D eigenvalue weighted by Crippen LogP contribution is 2.25. The summed E-state index contributed by atoms with van der Waals surface area (Å²) in [5.74, 6) is 5.60. The lowest BCUT2D eigenvalue weighted by Gasteiger charge is -2.26. The van der Waals surface area contributed by atoms with Crippen molar-refractivity contribution < 1.29 is 9.47 Å². The predicted molar refractivity (Wildman–Crippen MR) is 68.5 cm³/mol. The van der Waals surface area contributed by atoms with Crippen LogP contribution in [0, 0.1) is 20.8 Å². The molecular formula is C13H22N2O2. The van der Waals surface area contributed by atoms with E-state index in [0.717, 1.165) is 5.56 Å². The Balaban J connectivity index is 3.15. The van der Waals surface area contributed by atoms with Crippen molar-refractivity contribution >= 4 is 0 Å². The molecule has 4 nitrogen and oxygen atoms in total. The Labute approximate surface area is 103 Å². The van der Waals surface area contributed by atoms with Gasteiger partial charge >= 0.3 is 0 Å². The second kappa shape index (κ2) is 6.12. The summed E-state index contributed by atoms with van der Waals surface area (Å²) in [4.78, 5) is 0. The molecule has 0 bridgehead atoms. The van der Waals surface area contributed by atoms with Crippen LogP contribution in [0.4, 0.5) is 0 Å². The number of nitrogens with one attached hydrogen (secondary N) is 1. The van der Waals surface area contributed by atoms with Crippen molar-refractivity contribution in [3.8, 4) is 0 Å². The highest BCUT2D eigenvalue weighted by atomic mass is 16.7. The number of rotatable bonds is 5. The monoisotopic (exact) mass is 238 g/mol. The Morgan fingerprint density at radius 3 is 2.00 bits per heavy atom.